The number of aliphatic hydroxyl groups excluding tert-OH is 1. The van der Waals surface area contributed by atoms with Crippen LogP contribution in [0.3, 0.4) is 0 Å². The molecule has 2 unspecified atom stereocenters. The van der Waals surface area contributed by atoms with E-state index in [1.807, 2.05) is 12.1 Å². The van der Waals surface area contributed by atoms with Crippen molar-refractivity contribution in [3.8, 4) is 0 Å². The van der Waals surface area contributed by atoms with Crippen molar-refractivity contribution in [2.45, 2.75) is 18.6 Å². The normalized spacial score (nSPS) is 24.1. The van der Waals surface area contributed by atoms with E-state index < -0.39 is 0 Å². The first kappa shape index (κ1) is 13.9. The molecule has 0 spiro atoms. The van der Waals surface area contributed by atoms with Crippen LogP contribution in [0.5, 0.6) is 0 Å². The van der Waals surface area contributed by atoms with Crippen LogP contribution in [0.2, 0.25) is 0 Å². The minimum Gasteiger partial charge on any atom is -0.391 e. The average molecular weight is 314 g/mol. The van der Waals surface area contributed by atoms with Gasteiger partial charge in [0, 0.05) is 48.5 Å². The molecule has 0 saturated carbocycles. The predicted molar refractivity (Wildman–Crippen MR) is 75.6 cm³/mol. The predicted octanol–water partition coefficient (Wildman–Crippen LogP) is 0.993. The van der Waals surface area contributed by atoms with Gasteiger partial charge in [-0.25, -0.2) is 0 Å². The second kappa shape index (κ2) is 6.10. The summed E-state index contributed by atoms with van der Waals surface area (Å²) in [5.41, 5.74) is 0.937. The van der Waals surface area contributed by atoms with E-state index in [0.29, 0.717) is 6.42 Å². The third-order valence-electron chi connectivity index (χ3n) is 3.55. The Bertz CT molecular complexity index is 384. The molecule has 1 N–H and O–H groups in total. The number of aliphatic hydroxyl groups is 1. The molecular weight excluding hydrogens is 294 g/mol. The molecule has 18 heavy (non-hydrogen) atoms. The van der Waals surface area contributed by atoms with E-state index in [2.05, 4.69) is 44.8 Å². The number of hydrogen-bond donors (Lipinski definition) is 1. The lowest BCUT2D eigenvalue weighted by Gasteiger charge is -2.40. The molecule has 1 aliphatic heterocycles. The van der Waals surface area contributed by atoms with Gasteiger partial charge in [-0.3, -0.25) is 9.88 Å². The minimum absolute atomic E-state index is 0.189. The monoisotopic (exact) mass is 313 g/mol. The number of hydrogen-bond acceptors (Lipinski definition) is 4. The molecule has 0 bridgehead atoms. The molecule has 5 heteroatoms. The highest BCUT2D eigenvalue weighted by Gasteiger charge is 2.28. The van der Waals surface area contributed by atoms with Gasteiger partial charge in [0.05, 0.1) is 6.10 Å². The number of likely N-dealkylation sites (N-methyl/N-ethyl adjacent to an activating group) is 2. The summed E-state index contributed by atoms with van der Waals surface area (Å²) in [6.45, 7) is 2.98. The second-order valence-electron chi connectivity index (χ2n) is 5.05. The van der Waals surface area contributed by atoms with Crippen LogP contribution in [0.25, 0.3) is 0 Å². The maximum Gasteiger partial charge on any atom is 0.0763 e. The summed E-state index contributed by atoms with van der Waals surface area (Å²) in [4.78, 5) is 8.82. The van der Waals surface area contributed by atoms with Crippen LogP contribution < -0.4 is 0 Å². The molecule has 4 nitrogen and oxygen atoms in total. The molecular formula is C13H20BrN3O. The van der Waals surface area contributed by atoms with E-state index in [4.69, 9.17) is 0 Å². The lowest BCUT2D eigenvalue weighted by atomic mass is 10.0. The molecule has 1 aromatic heterocycles. The van der Waals surface area contributed by atoms with E-state index in [0.717, 1.165) is 29.8 Å². The fourth-order valence-corrected chi connectivity index (χ4v) is 2.57. The third kappa shape index (κ3) is 3.51. The van der Waals surface area contributed by atoms with Gasteiger partial charge in [-0.05, 0) is 42.2 Å². The van der Waals surface area contributed by atoms with E-state index >= 15 is 0 Å². The molecule has 1 aromatic rings. The number of aromatic nitrogens is 1. The molecule has 0 amide bonds. The summed E-state index contributed by atoms with van der Waals surface area (Å²) in [6, 6.07) is 4.11. The Labute approximate surface area is 117 Å². The molecule has 2 rings (SSSR count). The lowest BCUT2D eigenvalue weighted by molar-refractivity contribution is 0.0148. The van der Waals surface area contributed by atoms with E-state index in [1.165, 1.54) is 0 Å². The highest BCUT2D eigenvalue weighted by molar-refractivity contribution is 9.10. The van der Waals surface area contributed by atoms with Gasteiger partial charge in [0.15, 0.2) is 0 Å². The Morgan fingerprint density at radius 1 is 1.44 bits per heavy atom. The first-order chi connectivity index (χ1) is 8.56. The number of piperazine rings is 1. The van der Waals surface area contributed by atoms with Crippen molar-refractivity contribution in [3.63, 3.8) is 0 Å². The Morgan fingerprint density at radius 3 is 2.89 bits per heavy atom. The highest BCUT2D eigenvalue weighted by Crippen LogP contribution is 2.14. The highest BCUT2D eigenvalue weighted by atomic mass is 79.9. The van der Waals surface area contributed by atoms with Crippen molar-refractivity contribution in [1.82, 2.24) is 14.8 Å². The van der Waals surface area contributed by atoms with Crippen molar-refractivity contribution in [1.29, 1.82) is 0 Å². The summed E-state index contributed by atoms with van der Waals surface area (Å²) in [6.07, 6.45) is 2.01. The van der Waals surface area contributed by atoms with E-state index in [1.54, 1.807) is 6.20 Å². The molecule has 2 atom stereocenters. The number of rotatable bonds is 3. The summed E-state index contributed by atoms with van der Waals surface area (Å²) >= 11 is 3.37. The largest absolute Gasteiger partial charge is 0.391 e. The first-order valence-corrected chi connectivity index (χ1v) is 7.03. The Morgan fingerprint density at radius 2 is 2.22 bits per heavy atom. The zero-order valence-electron chi connectivity index (χ0n) is 10.9. The molecule has 0 radical (unpaired) electrons. The van der Waals surface area contributed by atoms with E-state index in [9.17, 15) is 5.11 Å². The van der Waals surface area contributed by atoms with Gasteiger partial charge in [-0.2, -0.15) is 0 Å². The fourth-order valence-electron chi connectivity index (χ4n) is 2.34. The van der Waals surface area contributed by atoms with E-state index in [-0.39, 0.29) is 12.1 Å². The smallest absolute Gasteiger partial charge is 0.0763 e. The average Bonchev–Trinajstić information content (AvgIpc) is 2.35. The van der Waals surface area contributed by atoms with Crippen LogP contribution in [0.4, 0.5) is 0 Å². The summed E-state index contributed by atoms with van der Waals surface area (Å²) in [5.74, 6) is 0. The van der Waals surface area contributed by atoms with Gasteiger partial charge in [0.1, 0.15) is 0 Å². The number of nitrogens with zero attached hydrogens (tertiary/aromatic N) is 3. The van der Waals surface area contributed by atoms with Crippen LogP contribution in [0.1, 0.15) is 5.69 Å². The fraction of sp³-hybridized carbons (Fsp3) is 0.615. The summed E-state index contributed by atoms with van der Waals surface area (Å²) < 4.78 is 0.968. The van der Waals surface area contributed by atoms with Gasteiger partial charge in [0.2, 0.25) is 0 Å². The topological polar surface area (TPSA) is 39.6 Å². The maximum atomic E-state index is 10.4. The Balaban J connectivity index is 1.98. The van der Waals surface area contributed by atoms with Crippen molar-refractivity contribution in [2.24, 2.45) is 0 Å². The Hall–Kier alpha value is -0.490. The van der Waals surface area contributed by atoms with Crippen molar-refractivity contribution in [3.05, 3.63) is 28.5 Å². The molecule has 2 heterocycles. The molecule has 100 valence electrons. The molecule has 0 aliphatic carbocycles. The molecule has 1 saturated heterocycles. The molecule has 0 aromatic carbocycles. The standard InChI is InChI=1S/C13H20BrN3O/c1-16-5-6-17(2)12(9-16)13(18)7-11-4-3-10(14)8-15-11/h3-4,8,12-13,18H,5-7,9H2,1-2H3. The Kier molecular flexibility index (Phi) is 4.72. The quantitative estimate of drug-likeness (QED) is 0.903. The third-order valence-corrected chi connectivity index (χ3v) is 4.02. The zero-order chi connectivity index (χ0) is 13.1. The van der Waals surface area contributed by atoms with Crippen LogP contribution in [-0.2, 0) is 6.42 Å². The van der Waals surface area contributed by atoms with Gasteiger partial charge >= 0.3 is 0 Å². The zero-order valence-corrected chi connectivity index (χ0v) is 12.5. The minimum atomic E-state index is -0.369. The number of pyridine rings is 1. The van der Waals surface area contributed by atoms with Gasteiger partial charge in [-0.15, -0.1) is 0 Å². The van der Waals surface area contributed by atoms with Crippen LogP contribution in [-0.4, -0.2) is 65.8 Å². The van der Waals surface area contributed by atoms with Crippen LogP contribution in [0.15, 0.2) is 22.8 Å². The summed E-state index contributed by atoms with van der Waals surface area (Å²) in [5, 5.41) is 10.4. The molecule has 1 aliphatic rings. The second-order valence-corrected chi connectivity index (χ2v) is 5.97. The SMILES string of the molecule is CN1CCN(C)C(C(O)Cc2ccc(Br)cn2)C1. The number of halogens is 1. The lowest BCUT2D eigenvalue weighted by Crippen LogP contribution is -2.55. The van der Waals surface area contributed by atoms with Crippen molar-refractivity contribution in [2.75, 3.05) is 33.7 Å². The van der Waals surface area contributed by atoms with Crippen LogP contribution in [0, 0.1) is 0 Å². The van der Waals surface area contributed by atoms with Gasteiger partial charge in [0.25, 0.3) is 0 Å². The van der Waals surface area contributed by atoms with Gasteiger partial charge < -0.3 is 10.0 Å². The van der Waals surface area contributed by atoms with Crippen LogP contribution >= 0.6 is 15.9 Å². The summed E-state index contributed by atoms with van der Waals surface area (Å²) in [7, 11) is 4.18. The van der Waals surface area contributed by atoms with Crippen molar-refractivity contribution >= 4 is 15.9 Å². The molecule has 1 fully saturated rings. The maximum absolute atomic E-state index is 10.4. The van der Waals surface area contributed by atoms with Gasteiger partial charge in [-0.1, -0.05) is 0 Å². The van der Waals surface area contributed by atoms with Crippen molar-refractivity contribution < 1.29 is 5.11 Å². The first-order valence-electron chi connectivity index (χ1n) is 6.23.